The average Bonchev–Trinajstić information content (AvgIpc) is 3.40. The Morgan fingerprint density at radius 1 is 0.949 bits per heavy atom. The molecule has 202 valence electrons. The quantitative estimate of drug-likeness (QED) is 0.137. The first-order valence-electron chi connectivity index (χ1n) is 14.1. The van der Waals surface area contributed by atoms with Crippen molar-refractivity contribution in [3.05, 3.63) is 108 Å². The van der Waals surface area contributed by atoms with Crippen molar-refractivity contribution in [3.63, 3.8) is 0 Å². The smallest absolute Gasteiger partial charge is 0.261 e. The molecule has 3 aromatic carbocycles. The van der Waals surface area contributed by atoms with Crippen LogP contribution in [0.5, 0.6) is 0 Å². The van der Waals surface area contributed by atoms with Gasteiger partial charge in [0.2, 0.25) is 0 Å². The molecule has 0 fully saturated rings. The van der Waals surface area contributed by atoms with Crippen LogP contribution in [0.15, 0.2) is 96.6 Å². The van der Waals surface area contributed by atoms with E-state index >= 15 is 0 Å². The topological polar surface area (TPSA) is 31.2 Å². The van der Waals surface area contributed by atoms with Gasteiger partial charge in [0, 0.05) is 29.1 Å². The fraction of sp³-hybridized carbons (Fsp3) is 0.343. The maximum Gasteiger partial charge on any atom is 0.261 e. The van der Waals surface area contributed by atoms with Crippen LogP contribution < -0.4 is 10.4 Å². The van der Waals surface area contributed by atoms with Crippen molar-refractivity contribution in [2.75, 3.05) is 6.61 Å². The summed E-state index contributed by atoms with van der Waals surface area (Å²) >= 11 is 0. The summed E-state index contributed by atoms with van der Waals surface area (Å²) in [6, 6.07) is 30.3. The van der Waals surface area contributed by atoms with Gasteiger partial charge in [-0.15, -0.1) is 0 Å². The Labute approximate surface area is 234 Å². The van der Waals surface area contributed by atoms with Gasteiger partial charge in [0.05, 0.1) is 5.54 Å². The van der Waals surface area contributed by atoms with Crippen LogP contribution in [0, 0.1) is 0 Å². The Hall–Kier alpha value is -3.21. The number of rotatable bonds is 8. The highest BCUT2D eigenvalue weighted by molar-refractivity contribution is 6.99. The number of carbonyl (C=O) groups excluding carboxylic acids is 1. The minimum Gasteiger partial charge on any atom is -0.407 e. The Morgan fingerprint density at radius 2 is 1.51 bits per heavy atom. The molecule has 2 atom stereocenters. The fourth-order valence-electron chi connectivity index (χ4n) is 6.87. The van der Waals surface area contributed by atoms with Crippen LogP contribution in [-0.4, -0.2) is 25.8 Å². The Balaban J connectivity index is 1.61. The number of benzene rings is 3. The summed E-state index contributed by atoms with van der Waals surface area (Å²) in [7, 11) is -2.63. The Bertz CT molecular complexity index is 1450. The number of hydrogen-bond acceptors (Lipinski definition) is 2. The van der Waals surface area contributed by atoms with Crippen molar-refractivity contribution >= 4 is 35.9 Å². The van der Waals surface area contributed by atoms with Crippen LogP contribution in [0.3, 0.4) is 0 Å². The normalized spacial score (nSPS) is 19.2. The highest BCUT2D eigenvalue weighted by atomic mass is 28.4. The van der Waals surface area contributed by atoms with Crippen molar-refractivity contribution in [2.45, 2.75) is 70.9 Å². The van der Waals surface area contributed by atoms with Gasteiger partial charge in [-0.05, 0) is 60.7 Å². The van der Waals surface area contributed by atoms with Gasteiger partial charge in [-0.2, -0.15) is 0 Å². The number of carbonyl (C=O) groups is 1. The van der Waals surface area contributed by atoms with Crippen LogP contribution in [0.2, 0.25) is 5.04 Å². The molecule has 1 aromatic heterocycles. The SMILES string of the molecule is CC(C)=C[C@H]1C[C@](C)(C=O)n2c1c(CCO[Si](c1ccccc1)(c1ccccc1)C(C)(C)C)c1ccccc12. The van der Waals surface area contributed by atoms with E-state index in [-0.39, 0.29) is 11.0 Å². The molecule has 5 rings (SSSR count). The van der Waals surface area contributed by atoms with Gasteiger partial charge in [-0.3, -0.25) is 0 Å². The summed E-state index contributed by atoms with van der Waals surface area (Å²) in [6.45, 7) is 14.0. The van der Waals surface area contributed by atoms with Gasteiger partial charge in [-0.25, -0.2) is 0 Å². The zero-order chi connectivity index (χ0) is 27.8. The molecule has 0 radical (unpaired) electrons. The predicted molar refractivity (Wildman–Crippen MR) is 166 cm³/mol. The molecule has 0 aliphatic carbocycles. The highest BCUT2D eigenvalue weighted by Gasteiger charge is 2.50. The first-order valence-corrected chi connectivity index (χ1v) is 16.0. The van der Waals surface area contributed by atoms with Crippen LogP contribution in [0.1, 0.15) is 65.1 Å². The first-order chi connectivity index (χ1) is 18.6. The van der Waals surface area contributed by atoms with E-state index in [1.54, 1.807) is 0 Å². The molecule has 0 unspecified atom stereocenters. The molecule has 39 heavy (non-hydrogen) atoms. The van der Waals surface area contributed by atoms with Gasteiger partial charge in [0.15, 0.2) is 0 Å². The van der Waals surface area contributed by atoms with E-state index in [0.717, 1.165) is 24.6 Å². The second-order valence-corrected chi connectivity index (χ2v) is 16.8. The lowest BCUT2D eigenvalue weighted by atomic mass is 9.89. The number of aldehydes is 1. The summed E-state index contributed by atoms with van der Waals surface area (Å²) in [5.41, 5.74) is 4.46. The van der Waals surface area contributed by atoms with E-state index in [0.29, 0.717) is 6.61 Å². The van der Waals surface area contributed by atoms with Gasteiger partial charge < -0.3 is 13.8 Å². The molecule has 4 aromatic rings. The van der Waals surface area contributed by atoms with E-state index in [1.165, 1.54) is 32.6 Å². The lowest BCUT2D eigenvalue weighted by molar-refractivity contribution is -0.114. The lowest BCUT2D eigenvalue weighted by Gasteiger charge is -2.43. The molecule has 0 spiro atoms. The fourth-order valence-corrected chi connectivity index (χ4v) is 11.4. The third-order valence-corrected chi connectivity index (χ3v) is 13.4. The number of aromatic nitrogens is 1. The number of fused-ring (bicyclic) bond motifs is 3. The minimum atomic E-state index is -2.63. The number of nitrogens with zero attached hydrogens (tertiary/aromatic N) is 1. The summed E-state index contributed by atoms with van der Waals surface area (Å²) in [5.74, 6) is 0.209. The molecule has 0 N–H and O–H groups in total. The zero-order valence-corrected chi connectivity index (χ0v) is 25.2. The van der Waals surface area contributed by atoms with Crippen LogP contribution in [-0.2, 0) is 21.2 Å². The summed E-state index contributed by atoms with van der Waals surface area (Å²) in [4.78, 5) is 12.5. The molecule has 2 heterocycles. The third kappa shape index (κ3) is 4.64. The van der Waals surface area contributed by atoms with Crippen LogP contribution >= 0.6 is 0 Å². The molecule has 1 aliphatic rings. The monoisotopic (exact) mass is 535 g/mol. The van der Waals surface area contributed by atoms with E-state index in [9.17, 15) is 4.79 Å². The van der Waals surface area contributed by atoms with E-state index in [2.05, 4.69) is 137 Å². The molecule has 3 nitrogen and oxygen atoms in total. The molecular formula is C35H41NO2Si. The van der Waals surface area contributed by atoms with Crippen molar-refractivity contribution < 1.29 is 9.22 Å². The predicted octanol–water partition coefficient (Wildman–Crippen LogP) is 7.13. The molecule has 4 heteroatoms. The summed E-state index contributed by atoms with van der Waals surface area (Å²) in [6.07, 6.45) is 5.08. The highest BCUT2D eigenvalue weighted by Crippen LogP contribution is 2.47. The van der Waals surface area contributed by atoms with Gasteiger partial charge in [-0.1, -0.05) is 111 Å². The Kier molecular flexibility index (Phi) is 7.30. The van der Waals surface area contributed by atoms with Crippen LogP contribution in [0.4, 0.5) is 0 Å². The van der Waals surface area contributed by atoms with Gasteiger partial charge >= 0.3 is 0 Å². The number of allylic oxidation sites excluding steroid dienone is 2. The largest absolute Gasteiger partial charge is 0.407 e. The molecule has 0 bridgehead atoms. The van der Waals surface area contributed by atoms with Crippen molar-refractivity contribution in [1.82, 2.24) is 4.57 Å². The standard InChI is InChI=1S/C35H41NO2Si/c1-26(2)23-27-24-35(6,25-37)36-32-20-14-13-19-30(32)31(33(27)36)21-22-38-39(34(3,4)5,28-15-9-7-10-16-28)29-17-11-8-12-18-29/h7-20,23,25,27H,21-22,24H2,1-6H3/t27-,35+/m0/s1. The van der Waals surface area contributed by atoms with Gasteiger partial charge in [0.25, 0.3) is 8.32 Å². The van der Waals surface area contributed by atoms with E-state index in [4.69, 9.17) is 4.43 Å². The second-order valence-electron chi connectivity index (χ2n) is 12.5. The molecule has 0 amide bonds. The van der Waals surface area contributed by atoms with E-state index < -0.39 is 13.9 Å². The maximum atomic E-state index is 12.5. The first kappa shape index (κ1) is 27.4. The van der Waals surface area contributed by atoms with Crippen LogP contribution in [0.25, 0.3) is 10.9 Å². The lowest BCUT2D eigenvalue weighted by Crippen LogP contribution is -2.66. The average molecular weight is 536 g/mol. The minimum absolute atomic E-state index is 0.0683. The summed E-state index contributed by atoms with van der Waals surface area (Å²) in [5, 5.41) is 3.76. The summed E-state index contributed by atoms with van der Waals surface area (Å²) < 4.78 is 9.60. The zero-order valence-electron chi connectivity index (χ0n) is 24.2. The Morgan fingerprint density at radius 3 is 2.05 bits per heavy atom. The second kappa shape index (κ2) is 10.4. The third-order valence-electron chi connectivity index (χ3n) is 8.39. The molecule has 0 saturated heterocycles. The van der Waals surface area contributed by atoms with Gasteiger partial charge in [0.1, 0.15) is 6.29 Å². The number of hydrogen-bond donors (Lipinski definition) is 0. The van der Waals surface area contributed by atoms with Crippen molar-refractivity contribution in [1.29, 1.82) is 0 Å². The molecule has 1 aliphatic heterocycles. The maximum absolute atomic E-state index is 12.5. The van der Waals surface area contributed by atoms with E-state index in [1.807, 2.05) is 0 Å². The molecular weight excluding hydrogens is 494 g/mol. The number of para-hydroxylation sites is 1. The van der Waals surface area contributed by atoms with Crippen molar-refractivity contribution in [3.8, 4) is 0 Å². The molecule has 0 saturated carbocycles. The van der Waals surface area contributed by atoms with Crippen molar-refractivity contribution in [2.24, 2.45) is 0 Å².